The second-order valence-corrected chi connectivity index (χ2v) is 6.85. The summed E-state index contributed by atoms with van der Waals surface area (Å²) in [5, 5.41) is 0. The zero-order valence-electron chi connectivity index (χ0n) is 4.95. The van der Waals surface area contributed by atoms with Gasteiger partial charge in [-0.3, -0.25) is 0 Å². The van der Waals surface area contributed by atoms with Gasteiger partial charge in [0.15, 0.2) is 0 Å². The van der Waals surface area contributed by atoms with Crippen LogP contribution in [0.1, 0.15) is 0 Å². The zero-order chi connectivity index (χ0) is 9.46. The summed E-state index contributed by atoms with van der Waals surface area (Å²) in [6.45, 7) is 0. The third-order valence-electron chi connectivity index (χ3n) is 0.817. The Morgan fingerprint density at radius 3 is 1.50 bits per heavy atom. The number of rotatable bonds is 0. The highest BCUT2D eigenvalue weighted by atomic mass is 35.7. The smallest absolute Gasteiger partial charge is 0.184 e. The van der Waals surface area contributed by atoms with Gasteiger partial charge in [-0.25, -0.2) is 0 Å². The lowest BCUT2D eigenvalue weighted by Gasteiger charge is -2.33. The number of hydrogen-bond acceptors (Lipinski definition) is 3. The molecule has 0 N–H and O–H groups in total. The van der Waals surface area contributed by atoms with Gasteiger partial charge in [-0.1, -0.05) is 11.2 Å². The first-order valence-electron chi connectivity index (χ1n) is 2.21. The third kappa shape index (κ3) is 1.80. The Balaban J connectivity index is 2.76. The maximum atomic E-state index is 12.3. The Morgan fingerprint density at radius 2 is 1.17 bits per heavy atom. The molecular formula is ClF5N3P3. The SMILES string of the molecule is FN1P(F)N(F)P(Cl)N(F)P1F. The molecule has 1 fully saturated rings. The molecule has 0 aromatic heterocycles. The molecule has 0 amide bonds. The Morgan fingerprint density at radius 1 is 0.833 bits per heavy atom. The van der Waals surface area contributed by atoms with E-state index in [9.17, 15) is 21.8 Å². The van der Waals surface area contributed by atoms with Gasteiger partial charge in [0.05, 0.1) is 0 Å². The summed E-state index contributed by atoms with van der Waals surface area (Å²) in [6, 6.07) is 0. The molecule has 2 unspecified atom stereocenters. The van der Waals surface area contributed by atoms with Crippen molar-refractivity contribution in [1.82, 2.24) is 14.0 Å². The number of nitrogens with zero attached hydrogens (tertiary/aromatic N) is 3. The Labute approximate surface area is 72.5 Å². The van der Waals surface area contributed by atoms with Crippen LogP contribution in [-0.2, 0) is 0 Å². The molecule has 0 bridgehead atoms. The van der Waals surface area contributed by atoms with Gasteiger partial charge in [-0.05, 0) is 14.0 Å². The molecule has 0 spiro atoms. The molecule has 0 radical (unpaired) electrons. The average Bonchev–Trinajstić information content (AvgIpc) is 2.08. The first kappa shape index (κ1) is 11.2. The Hall–Kier alpha value is 1.11. The van der Waals surface area contributed by atoms with Crippen LogP contribution in [0, 0.1) is 0 Å². The lowest BCUT2D eigenvalue weighted by molar-refractivity contribution is 0.140. The van der Waals surface area contributed by atoms with Crippen molar-refractivity contribution in [3.63, 3.8) is 0 Å². The maximum absolute atomic E-state index is 12.3. The molecule has 12 heavy (non-hydrogen) atoms. The molecule has 72 valence electrons. The van der Waals surface area contributed by atoms with Crippen molar-refractivity contribution in [2.75, 3.05) is 0 Å². The van der Waals surface area contributed by atoms with E-state index in [-0.39, 0.29) is 0 Å². The van der Waals surface area contributed by atoms with E-state index in [1.54, 1.807) is 0 Å². The molecule has 1 saturated heterocycles. The van der Waals surface area contributed by atoms with Crippen LogP contribution in [-0.4, -0.2) is 14.0 Å². The molecule has 0 saturated carbocycles. The number of halogens is 6. The van der Waals surface area contributed by atoms with Crippen LogP contribution in [0.25, 0.3) is 0 Å². The summed E-state index contributed by atoms with van der Waals surface area (Å²) in [5.74, 6) is 0. The summed E-state index contributed by atoms with van der Waals surface area (Å²) in [6.07, 6.45) is 0. The highest BCUT2D eigenvalue weighted by Gasteiger charge is 2.52. The monoisotopic (exact) mass is 265 g/mol. The fourth-order valence-corrected chi connectivity index (χ4v) is 5.03. The normalized spacial score (nSPS) is 42.0. The average molecular weight is 265 g/mol. The molecular weight excluding hydrogens is 265 g/mol. The molecule has 0 aromatic rings. The van der Waals surface area contributed by atoms with Crippen molar-refractivity contribution >= 4 is 35.9 Å². The van der Waals surface area contributed by atoms with Crippen LogP contribution in [0.3, 0.4) is 0 Å². The van der Waals surface area contributed by atoms with E-state index >= 15 is 0 Å². The molecule has 1 aliphatic rings. The molecule has 12 heteroatoms. The van der Waals surface area contributed by atoms with E-state index in [0.29, 0.717) is 0 Å². The van der Waals surface area contributed by atoms with E-state index in [0.717, 1.165) is 0 Å². The second kappa shape index (κ2) is 4.09. The van der Waals surface area contributed by atoms with Crippen LogP contribution in [0.2, 0.25) is 0 Å². The van der Waals surface area contributed by atoms with E-state index in [1.165, 1.54) is 0 Å². The van der Waals surface area contributed by atoms with Gasteiger partial charge >= 0.3 is 17.1 Å². The van der Waals surface area contributed by atoms with Gasteiger partial charge in [0, 0.05) is 0 Å². The highest BCUT2D eigenvalue weighted by molar-refractivity contribution is 7.92. The molecule has 0 aromatic carbocycles. The molecule has 3 nitrogen and oxygen atoms in total. The largest absolute Gasteiger partial charge is 0.307 e. The van der Waals surface area contributed by atoms with Crippen LogP contribution in [0.5, 0.6) is 0 Å². The van der Waals surface area contributed by atoms with Gasteiger partial charge in [0.2, 0.25) is 7.58 Å². The van der Waals surface area contributed by atoms with E-state index in [1.807, 2.05) is 0 Å². The summed E-state index contributed by atoms with van der Waals surface area (Å²) in [7, 11) is -10.1. The van der Waals surface area contributed by atoms with E-state index in [2.05, 4.69) is 0 Å². The second-order valence-electron chi connectivity index (χ2n) is 1.44. The fourth-order valence-electron chi connectivity index (χ4n) is 0.365. The summed E-state index contributed by atoms with van der Waals surface area (Å²) in [4.78, 5) is 0. The predicted molar refractivity (Wildman–Crippen MR) is 37.7 cm³/mol. The van der Waals surface area contributed by atoms with Crippen LogP contribution in [0.15, 0.2) is 0 Å². The maximum Gasteiger partial charge on any atom is 0.307 e. The van der Waals surface area contributed by atoms with Gasteiger partial charge in [0.25, 0.3) is 0 Å². The van der Waals surface area contributed by atoms with Gasteiger partial charge in [-0.15, -0.1) is 13.4 Å². The lowest BCUT2D eigenvalue weighted by atomic mass is 13.6. The van der Waals surface area contributed by atoms with E-state index in [4.69, 9.17) is 11.2 Å². The van der Waals surface area contributed by atoms with Crippen LogP contribution in [0.4, 0.5) is 21.8 Å². The van der Waals surface area contributed by atoms with Gasteiger partial charge in [0.1, 0.15) is 0 Å². The number of hydrogen-bond donors (Lipinski definition) is 0. The zero-order valence-corrected chi connectivity index (χ0v) is 8.39. The molecule has 2 atom stereocenters. The first-order valence-corrected chi connectivity index (χ1v) is 6.64. The van der Waals surface area contributed by atoms with Crippen LogP contribution < -0.4 is 0 Å². The summed E-state index contributed by atoms with van der Waals surface area (Å²) >= 11 is 4.90. The Bertz CT molecular complexity index is 113. The van der Waals surface area contributed by atoms with Crippen LogP contribution >= 0.6 is 35.9 Å². The minimum Gasteiger partial charge on any atom is -0.184 e. The van der Waals surface area contributed by atoms with Gasteiger partial charge in [-0.2, -0.15) is 8.39 Å². The topological polar surface area (TPSA) is 9.72 Å². The van der Waals surface area contributed by atoms with Crippen molar-refractivity contribution in [2.45, 2.75) is 0 Å². The fraction of sp³-hybridized carbons (Fsp3) is 0. The summed E-state index contributed by atoms with van der Waals surface area (Å²) in [5.41, 5.74) is 0. The standard InChI is InChI=1S/ClF5N3P3/c1-10-7(2)11(5)9(4)12(6)8(10)3. The summed E-state index contributed by atoms with van der Waals surface area (Å²) < 4.78 is 58.6. The third-order valence-corrected chi connectivity index (χ3v) is 6.67. The van der Waals surface area contributed by atoms with Crippen molar-refractivity contribution in [3.05, 3.63) is 0 Å². The highest BCUT2D eigenvalue weighted by Crippen LogP contribution is 2.80. The lowest BCUT2D eigenvalue weighted by Crippen LogP contribution is -2.19. The Kier molecular flexibility index (Phi) is 3.82. The molecule has 0 aliphatic carbocycles. The van der Waals surface area contributed by atoms with Crippen molar-refractivity contribution in [3.8, 4) is 0 Å². The minimum atomic E-state index is -3.62. The van der Waals surface area contributed by atoms with Gasteiger partial charge < -0.3 is 0 Å². The van der Waals surface area contributed by atoms with Crippen molar-refractivity contribution in [2.24, 2.45) is 0 Å². The van der Waals surface area contributed by atoms with E-state index < -0.39 is 38.6 Å². The molecule has 1 heterocycles. The quantitative estimate of drug-likeness (QED) is 0.365. The first-order chi connectivity index (χ1) is 5.46. The molecule has 1 rings (SSSR count). The van der Waals surface area contributed by atoms with Crippen molar-refractivity contribution < 1.29 is 21.8 Å². The minimum absolute atomic E-state index is 0.870. The molecule has 1 aliphatic heterocycles. The predicted octanol–water partition coefficient (Wildman–Crippen LogP) is 4.42. The van der Waals surface area contributed by atoms with Crippen molar-refractivity contribution in [1.29, 1.82) is 0 Å².